The van der Waals surface area contributed by atoms with Crippen molar-refractivity contribution in [3.63, 3.8) is 0 Å². The summed E-state index contributed by atoms with van der Waals surface area (Å²) in [5, 5.41) is 3.10. The van der Waals surface area contributed by atoms with E-state index in [-0.39, 0.29) is 29.1 Å². The molecule has 10 heteroatoms. The molecule has 1 atom stereocenters. The Kier molecular flexibility index (Phi) is 10.8. The van der Waals surface area contributed by atoms with Crippen molar-refractivity contribution in [3.05, 3.63) is 89.7 Å². The van der Waals surface area contributed by atoms with Crippen molar-refractivity contribution in [1.29, 1.82) is 0 Å². The highest BCUT2D eigenvalue weighted by atomic mass is 32.2. The number of nitrogens with one attached hydrogen (secondary N) is 1. The Morgan fingerprint density at radius 2 is 1.63 bits per heavy atom. The van der Waals surface area contributed by atoms with Crippen LogP contribution in [0, 0.1) is 12.7 Å². The van der Waals surface area contributed by atoms with Crippen molar-refractivity contribution in [1.82, 2.24) is 10.2 Å². The third kappa shape index (κ3) is 8.13. The van der Waals surface area contributed by atoms with E-state index in [0.717, 1.165) is 59.7 Å². The number of ether oxygens (including phenoxy) is 1. The van der Waals surface area contributed by atoms with Crippen LogP contribution in [0.2, 0.25) is 0 Å². The summed E-state index contributed by atoms with van der Waals surface area (Å²) in [7, 11) is -4.27. The van der Waals surface area contributed by atoms with Gasteiger partial charge in [0.1, 0.15) is 24.2 Å². The second-order valence-electron chi connectivity index (χ2n) is 10.9. The molecule has 230 valence electrons. The quantitative estimate of drug-likeness (QED) is 0.289. The zero-order valence-corrected chi connectivity index (χ0v) is 25.8. The summed E-state index contributed by atoms with van der Waals surface area (Å²) in [5.41, 5.74) is 1.91. The van der Waals surface area contributed by atoms with Gasteiger partial charge in [-0.1, -0.05) is 43.5 Å². The second-order valence-corrected chi connectivity index (χ2v) is 12.7. The normalized spacial score (nSPS) is 14.5. The zero-order valence-electron chi connectivity index (χ0n) is 25.0. The lowest BCUT2D eigenvalue weighted by Gasteiger charge is -2.33. The molecular weight excluding hydrogens is 569 g/mol. The van der Waals surface area contributed by atoms with Gasteiger partial charge in [0.05, 0.1) is 17.2 Å². The molecule has 8 nitrogen and oxygen atoms in total. The van der Waals surface area contributed by atoms with E-state index in [1.54, 1.807) is 19.1 Å². The number of benzene rings is 3. The van der Waals surface area contributed by atoms with Crippen molar-refractivity contribution in [2.45, 2.75) is 76.4 Å². The number of sulfonamides is 1. The molecule has 3 aromatic rings. The van der Waals surface area contributed by atoms with Crippen LogP contribution >= 0.6 is 0 Å². The van der Waals surface area contributed by atoms with Crippen molar-refractivity contribution >= 4 is 27.5 Å². The van der Waals surface area contributed by atoms with Gasteiger partial charge in [-0.25, -0.2) is 12.8 Å². The van der Waals surface area contributed by atoms with E-state index in [9.17, 15) is 22.4 Å². The lowest BCUT2D eigenvalue weighted by atomic mass is 9.95. The third-order valence-electron chi connectivity index (χ3n) is 7.84. The van der Waals surface area contributed by atoms with Crippen LogP contribution in [0.4, 0.5) is 10.1 Å². The average molecular weight is 610 g/mol. The SMILES string of the molecule is CCOc1ccc(S(=O)(=O)N(CC(=O)N(Cc2ccccc2C)[C@H](C)C(=O)NC2CCCCC2)c2ccc(F)cc2)cc1. The van der Waals surface area contributed by atoms with Crippen molar-refractivity contribution in [3.8, 4) is 5.75 Å². The minimum atomic E-state index is -4.27. The summed E-state index contributed by atoms with van der Waals surface area (Å²) < 4.78 is 48.2. The lowest BCUT2D eigenvalue weighted by Crippen LogP contribution is -2.53. The maximum Gasteiger partial charge on any atom is 0.264 e. The Balaban J connectivity index is 1.67. The summed E-state index contributed by atoms with van der Waals surface area (Å²) in [5.74, 6) is -0.874. The summed E-state index contributed by atoms with van der Waals surface area (Å²) >= 11 is 0. The summed E-state index contributed by atoms with van der Waals surface area (Å²) in [6.07, 6.45) is 5.01. The van der Waals surface area contributed by atoms with Gasteiger partial charge in [0.15, 0.2) is 0 Å². The Hall–Kier alpha value is -3.92. The monoisotopic (exact) mass is 609 g/mol. The van der Waals surface area contributed by atoms with E-state index in [1.165, 1.54) is 29.2 Å². The van der Waals surface area contributed by atoms with Gasteiger partial charge in [-0.3, -0.25) is 13.9 Å². The van der Waals surface area contributed by atoms with E-state index in [4.69, 9.17) is 4.74 Å². The van der Waals surface area contributed by atoms with Crippen LogP contribution in [0.3, 0.4) is 0 Å². The van der Waals surface area contributed by atoms with Crippen LogP contribution in [0.25, 0.3) is 0 Å². The smallest absolute Gasteiger partial charge is 0.264 e. The first kappa shape index (κ1) is 32.0. The molecule has 1 aliphatic rings. The Bertz CT molecular complexity index is 1490. The molecule has 3 aromatic carbocycles. The summed E-state index contributed by atoms with van der Waals surface area (Å²) in [6, 6.07) is 17.6. The second kappa shape index (κ2) is 14.5. The fourth-order valence-corrected chi connectivity index (χ4v) is 6.67. The van der Waals surface area contributed by atoms with Gasteiger partial charge >= 0.3 is 0 Å². The first-order valence-corrected chi connectivity index (χ1v) is 16.2. The van der Waals surface area contributed by atoms with Gasteiger partial charge in [-0.15, -0.1) is 0 Å². The van der Waals surface area contributed by atoms with Crippen molar-refractivity contribution < 1.29 is 27.1 Å². The zero-order chi connectivity index (χ0) is 31.0. The average Bonchev–Trinajstić information content (AvgIpc) is 3.00. The molecule has 2 amide bonds. The van der Waals surface area contributed by atoms with Crippen LogP contribution in [-0.2, 0) is 26.2 Å². The molecule has 1 N–H and O–H groups in total. The number of halogens is 1. The number of carbonyl (C=O) groups is 2. The lowest BCUT2D eigenvalue weighted by molar-refractivity contribution is -0.139. The van der Waals surface area contributed by atoms with Crippen LogP contribution < -0.4 is 14.4 Å². The molecule has 0 spiro atoms. The molecule has 1 aliphatic carbocycles. The van der Waals surface area contributed by atoms with Crippen molar-refractivity contribution in [2.24, 2.45) is 0 Å². The van der Waals surface area contributed by atoms with E-state index in [0.29, 0.717) is 12.4 Å². The van der Waals surface area contributed by atoms with Crippen LogP contribution in [0.15, 0.2) is 77.7 Å². The van der Waals surface area contributed by atoms with Gasteiger partial charge in [0, 0.05) is 12.6 Å². The van der Waals surface area contributed by atoms with Gasteiger partial charge in [0.2, 0.25) is 11.8 Å². The van der Waals surface area contributed by atoms with E-state index < -0.39 is 34.3 Å². The number of nitrogens with zero attached hydrogens (tertiary/aromatic N) is 2. The first-order chi connectivity index (χ1) is 20.6. The number of aryl methyl sites for hydroxylation is 1. The number of amides is 2. The number of carbonyl (C=O) groups excluding carboxylic acids is 2. The van der Waals surface area contributed by atoms with E-state index in [2.05, 4.69) is 5.32 Å². The van der Waals surface area contributed by atoms with Gasteiger partial charge in [-0.2, -0.15) is 0 Å². The molecule has 0 saturated heterocycles. The van der Waals surface area contributed by atoms with Crippen molar-refractivity contribution in [2.75, 3.05) is 17.5 Å². The molecule has 1 saturated carbocycles. The molecule has 0 aromatic heterocycles. The number of hydrogen-bond acceptors (Lipinski definition) is 5. The standard InChI is InChI=1S/C33H40FN3O5S/c1-4-42-30-18-20-31(21-19-30)43(40,41)37(29-16-14-27(34)15-17-29)23-32(38)36(22-26-11-9-8-10-24(26)2)25(3)33(39)35-28-12-6-5-7-13-28/h8-11,14-21,25,28H,4-7,12-13,22-23H2,1-3H3,(H,35,39)/t25-/m1/s1. The third-order valence-corrected chi connectivity index (χ3v) is 9.63. The van der Waals surface area contributed by atoms with Crippen LogP contribution in [0.1, 0.15) is 57.1 Å². The summed E-state index contributed by atoms with van der Waals surface area (Å²) in [4.78, 5) is 28.9. The number of anilines is 1. The molecule has 0 aliphatic heterocycles. The molecular formula is C33H40FN3O5S. The molecule has 1 fully saturated rings. The topological polar surface area (TPSA) is 96.0 Å². The minimum absolute atomic E-state index is 0.0508. The molecule has 0 bridgehead atoms. The van der Waals surface area contributed by atoms with E-state index >= 15 is 0 Å². The van der Waals surface area contributed by atoms with Gasteiger partial charge < -0.3 is 15.0 Å². The molecule has 43 heavy (non-hydrogen) atoms. The molecule has 0 unspecified atom stereocenters. The first-order valence-electron chi connectivity index (χ1n) is 14.8. The molecule has 0 radical (unpaired) electrons. The molecule has 0 heterocycles. The van der Waals surface area contributed by atoms with Gasteiger partial charge in [0.25, 0.3) is 10.0 Å². The Morgan fingerprint density at radius 1 is 0.977 bits per heavy atom. The van der Waals surface area contributed by atoms with Crippen LogP contribution in [0.5, 0.6) is 5.75 Å². The fourth-order valence-electron chi connectivity index (χ4n) is 5.26. The van der Waals surface area contributed by atoms with Crippen LogP contribution in [-0.4, -0.2) is 50.4 Å². The summed E-state index contributed by atoms with van der Waals surface area (Å²) in [6.45, 7) is 5.36. The largest absolute Gasteiger partial charge is 0.494 e. The maximum atomic E-state index is 14.1. The maximum absolute atomic E-state index is 14.1. The molecule has 4 rings (SSSR count). The highest BCUT2D eigenvalue weighted by Crippen LogP contribution is 2.27. The highest BCUT2D eigenvalue weighted by molar-refractivity contribution is 7.92. The number of hydrogen-bond donors (Lipinski definition) is 1. The Labute approximate surface area is 253 Å². The Morgan fingerprint density at radius 3 is 2.26 bits per heavy atom. The highest BCUT2D eigenvalue weighted by Gasteiger charge is 2.33. The fraction of sp³-hybridized carbons (Fsp3) is 0.394. The minimum Gasteiger partial charge on any atom is -0.494 e. The predicted molar refractivity (Wildman–Crippen MR) is 165 cm³/mol. The van der Waals surface area contributed by atoms with Gasteiger partial charge in [-0.05, 0) is 93.3 Å². The van der Waals surface area contributed by atoms with E-state index in [1.807, 2.05) is 38.1 Å². The predicted octanol–water partition coefficient (Wildman–Crippen LogP) is 5.59. The number of rotatable bonds is 12.